The highest BCUT2D eigenvalue weighted by Gasteiger charge is 2.32. The van der Waals surface area contributed by atoms with Crippen LogP contribution in [0.3, 0.4) is 0 Å². The molecule has 110 valence electrons. The molecule has 0 bridgehead atoms. The highest BCUT2D eigenvalue weighted by molar-refractivity contribution is 5.73. The summed E-state index contributed by atoms with van der Waals surface area (Å²) in [6.07, 6.45) is 1.81. The Labute approximate surface area is 122 Å². The van der Waals surface area contributed by atoms with Gasteiger partial charge in [-0.3, -0.25) is 4.79 Å². The Morgan fingerprint density at radius 3 is 2.52 bits per heavy atom. The SMILES string of the molecule is CC(C)(Cn1nnnc1C1Cc2ccccc2C1)C(=O)O. The summed E-state index contributed by atoms with van der Waals surface area (Å²) < 4.78 is 1.64. The first kappa shape index (κ1) is 13.7. The second-order valence-electron chi connectivity index (χ2n) is 6.26. The van der Waals surface area contributed by atoms with Crippen LogP contribution in [0.5, 0.6) is 0 Å². The van der Waals surface area contributed by atoms with Gasteiger partial charge in [-0.25, -0.2) is 4.68 Å². The molecule has 0 amide bonds. The van der Waals surface area contributed by atoms with Gasteiger partial charge in [-0.2, -0.15) is 0 Å². The molecule has 0 atom stereocenters. The van der Waals surface area contributed by atoms with Gasteiger partial charge in [-0.1, -0.05) is 24.3 Å². The summed E-state index contributed by atoms with van der Waals surface area (Å²) in [4.78, 5) is 11.3. The van der Waals surface area contributed by atoms with Crippen molar-refractivity contribution in [3.63, 3.8) is 0 Å². The predicted molar refractivity (Wildman–Crippen MR) is 75.8 cm³/mol. The Morgan fingerprint density at radius 2 is 1.95 bits per heavy atom. The number of carboxylic acids is 1. The van der Waals surface area contributed by atoms with Crippen molar-refractivity contribution in [2.45, 2.75) is 39.2 Å². The van der Waals surface area contributed by atoms with Crippen LogP contribution >= 0.6 is 0 Å². The zero-order valence-electron chi connectivity index (χ0n) is 12.2. The van der Waals surface area contributed by atoms with E-state index in [1.807, 2.05) is 12.1 Å². The third kappa shape index (κ3) is 2.53. The number of benzene rings is 1. The number of carbonyl (C=O) groups is 1. The molecule has 0 saturated heterocycles. The van der Waals surface area contributed by atoms with E-state index in [-0.39, 0.29) is 12.5 Å². The number of tetrazole rings is 1. The third-order valence-corrected chi connectivity index (χ3v) is 4.10. The molecule has 6 heteroatoms. The topological polar surface area (TPSA) is 80.9 Å². The molecule has 1 aliphatic rings. The van der Waals surface area contributed by atoms with Gasteiger partial charge in [-0.15, -0.1) is 5.10 Å². The van der Waals surface area contributed by atoms with E-state index in [0.29, 0.717) is 0 Å². The molecule has 0 radical (unpaired) electrons. The molecule has 1 aromatic heterocycles. The second kappa shape index (κ2) is 4.95. The molecule has 1 heterocycles. The molecule has 3 rings (SSSR count). The number of rotatable bonds is 4. The first-order valence-electron chi connectivity index (χ1n) is 7.03. The van der Waals surface area contributed by atoms with Gasteiger partial charge in [-0.05, 0) is 48.2 Å². The van der Waals surface area contributed by atoms with E-state index in [1.54, 1.807) is 18.5 Å². The lowest BCUT2D eigenvalue weighted by Crippen LogP contribution is -2.31. The number of fused-ring (bicyclic) bond motifs is 1. The Kier molecular flexibility index (Phi) is 3.23. The van der Waals surface area contributed by atoms with Crippen molar-refractivity contribution in [2.75, 3.05) is 0 Å². The summed E-state index contributed by atoms with van der Waals surface area (Å²) >= 11 is 0. The molecular formula is C15H18N4O2. The predicted octanol–water partition coefficient (Wildman–Crippen LogP) is 1.67. The van der Waals surface area contributed by atoms with Crippen molar-refractivity contribution in [1.82, 2.24) is 20.2 Å². The maximum absolute atomic E-state index is 11.3. The molecule has 21 heavy (non-hydrogen) atoms. The van der Waals surface area contributed by atoms with Gasteiger partial charge in [0, 0.05) is 5.92 Å². The van der Waals surface area contributed by atoms with Crippen molar-refractivity contribution in [3.05, 3.63) is 41.2 Å². The Balaban J connectivity index is 1.83. The van der Waals surface area contributed by atoms with Crippen molar-refractivity contribution >= 4 is 5.97 Å². The minimum atomic E-state index is -0.893. The maximum Gasteiger partial charge on any atom is 0.310 e. The molecule has 1 aromatic carbocycles. The fourth-order valence-electron chi connectivity index (χ4n) is 2.80. The molecule has 0 unspecified atom stereocenters. The van der Waals surface area contributed by atoms with Crippen LogP contribution in [0.2, 0.25) is 0 Å². The fraction of sp³-hybridized carbons (Fsp3) is 0.467. The van der Waals surface area contributed by atoms with Gasteiger partial charge < -0.3 is 5.11 Å². The highest BCUT2D eigenvalue weighted by atomic mass is 16.4. The van der Waals surface area contributed by atoms with Gasteiger partial charge in [0.1, 0.15) is 0 Å². The maximum atomic E-state index is 11.3. The number of hydrogen-bond donors (Lipinski definition) is 1. The van der Waals surface area contributed by atoms with E-state index in [9.17, 15) is 9.90 Å². The summed E-state index contributed by atoms with van der Waals surface area (Å²) in [5.41, 5.74) is 1.76. The number of carboxylic acid groups (broad SMARTS) is 1. The van der Waals surface area contributed by atoms with Crippen LogP contribution in [0.15, 0.2) is 24.3 Å². The van der Waals surface area contributed by atoms with E-state index < -0.39 is 11.4 Å². The number of aromatic nitrogens is 4. The summed E-state index contributed by atoms with van der Waals surface area (Å²) in [5.74, 6) is 0.154. The van der Waals surface area contributed by atoms with Gasteiger partial charge >= 0.3 is 5.97 Å². The van der Waals surface area contributed by atoms with Gasteiger partial charge in [0.2, 0.25) is 0 Å². The second-order valence-corrected chi connectivity index (χ2v) is 6.26. The van der Waals surface area contributed by atoms with Crippen LogP contribution in [0.1, 0.15) is 36.7 Å². The summed E-state index contributed by atoms with van der Waals surface area (Å²) in [7, 11) is 0. The van der Waals surface area contributed by atoms with Gasteiger partial charge in [0.15, 0.2) is 5.82 Å². The normalized spacial score (nSPS) is 15.1. The van der Waals surface area contributed by atoms with Gasteiger partial charge in [0.05, 0.1) is 12.0 Å². The molecular weight excluding hydrogens is 268 g/mol. The molecule has 1 aliphatic carbocycles. The van der Waals surface area contributed by atoms with E-state index in [2.05, 4.69) is 27.7 Å². The van der Waals surface area contributed by atoms with E-state index in [0.717, 1.165) is 18.7 Å². The van der Waals surface area contributed by atoms with Gasteiger partial charge in [0.25, 0.3) is 0 Å². The molecule has 2 aromatic rings. The Hall–Kier alpha value is -2.24. The van der Waals surface area contributed by atoms with Crippen molar-refractivity contribution in [1.29, 1.82) is 0 Å². The average Bonchev–Trinajstić information content (AvgIpc) is 3.03. The van der Waals surface area contributed by atoms with Crippen LogP contribution in [0.25, 0.3) is 0 Å². The van der Waals surface area contributed by atoms with Crippen molar-refractivity contribution in [2.24, 2.45) is 5.41 Å². The first-order chi connectivity index (χ1) is 9.97. The fourth-order valence-corrected chi connectivity index (χ4v) is 2.80. The van der Waals surface area contributed by atoms with Crippen LogP contribution in [0, 0.1) is 5.41 Å². The van der Waals surface area contributed by atoms with E-state index >= 15 is 0 Å². The quantitative estimate of drug-likeness (QED) is 0.924. The number of hydrogen-bond acceptors (Lipinski definition) is 4. The minimum Gasteiger partial charge on any atom is -0.481 e. The zero-order chi connectivity index (χ0) is 15.0. The molecule has 6 nitrogen and oxygen atoms in total. The number of nitrogens with zero attached hydrogens (tertiary/aromatic N) is 4. The van der Waals surface area contributed by atoms with Crippen LogP contribution < -0.4 is 0 Å². The molecule has 0 saturated carbocycles. The lowest BCUT2D eigenvalue weighted by molar-refractivity contribution is -0.147. The summed E-state index contributed by atoms with van der Waals surface area (Å²) in [6.45, 7) is 3.64. The standard InChI is InChI=1S/C15H18N4O2/c1-15(2,14(20)21)9-19-13(16-17-18-19)12-7-10-5-3-4-6-11(10)8-12/h3-6,12H,7-9H2,1-2H3,(H,20,21). The lowest BCUT2D eigenvalue weighted by Gasteiger charge is -2.20. The minimum absolute atomic E-state index is 0.224. The van der Waals surface area contributed by atoms with Crippen LogP contribution in [-0.2, 0) is 24.2 Å². The Bertz CT molecular complexity index is 653. The van der Waals surface area contributed by atoms with Crippen molar-refractivity contribution < 1.29 is 9.90 Å². The molecule has 0 fully saturated rings. The third-order valence-electron chi connectivity index (χ3n) is 4.10. The molecule has 1 N–H and O–H groups in total. The smallest absolute Gasteiger partial charge is 0.310 e. The monoisotopic (exact) mass is 286 g/mol. The van der Waals surface area contributed by atoms with Crippen molar-refractivity contribution in [3.8, 4) is 0 Å². The van der Waals surface area contributed by atoms with E-state index in [1.165, 1.54) is 11.1 Å². The number of aliphatic carboxylic acids is 1. The van der Waals surface area contributed by atoms with E-state index in [4.69, 9.17) is 0 Å². The zero-order valence-corrected chi connectivity index (χ0v) is 12.2. The van der Waals surface area contributed by atoms with Crippen LogP contribution in [-0.4, -0.2) is 31.3 Å². The summed E-state index contributed by atoms with van der Waals surface area (Å²) in [6, 6.07) is 8.34. The largest absolute Gasteiger partial charge is 0.481 e. The average molecular weight is 286 g/mol. The molecule has 0 spiro atoms. The Morgan fingerprint density at radius 1 is 1.33 bits per heavy atom. The summed E-state index contributed by atoms with van der Waals surface area (Å²) in [5, 5.41) is 21.1. The van der Waals surface area contributed by atoms with Crippen LogP contribution in [0.4, 0.5) is 0 Å². The highest BCUT2D eigenvalue weighted by Crippen LogP contribution is 2.33. The first-order valence-corrected chi connectivity index (χ1v) is 7.03. The lowest BCUT2D eigenvalue weighted by atomic mass is 9.93. The molecule has 0 aliphatic heterocycles.